The Morgan fingerprint density at radius 1 is 1.25 bits per heavy atom. The van der Waals surface area contributed by atoms with Gasteiger partial charge in [0.2, 0.25) is 0 Å². The van der Waals surface area contributed by atoms with Crippen molar-refractivity contribution in [1.29, 1.82) is 0 Å². The summed E-state index contributed by atoms with van der Waals surface area (Å²) in [6, 6.07) is 10.9. The Balaban J connectivity index is 2.44. The van der Waals surface area contributed by atoms with Gasteiger partial charge in [0.25, 0.3) is 10.0 Å². The molecule has 0 spiro atoms. The highest BCUT2D eigenvalue weighted by molar-refractivity contribution is 7.99. The Hall–Kier alpha value is -1.70. The van der Waals surface area contributed by atoms with Crippen LogP contribution >= 0.6 is 23.4 Å². The number of thioether (sulfide) groups is 1. The molecule has 0 unspecified atom stereocenters. The van der Waals surface area contributed by atoms with E-state index in [2.05, 4.69) is 4.72 Å². The lowest BCUT2D eigenvalue weighted by molar-refractivity contribution is 0.0527. The van der Waals surface area contributed by atoms with Crippen molar-refractivity contribution in [2.24, 2.45) is 0 Å². The van der Waals surface area contributed by atoms with E-state index in [-0.39, 0.29) is 22.8 Å². The first kappa shape index (κ1) is 18.6. The quantitative estimate of drug-likeness (QED) is 0.600. The zero-order chi connectivity index (χ0) is 17.7. The molecular weight excluding hydrogens is 370 g/mol. The Labute approximate surface area is 150 Å². The van der Waals surface area contributed by atoms with Gasteiger partial charge in [-0.15, -0.1) is 11.8 Å². The van der Waals surface area contributed by atoms with Crippen LogP contribution in [0.4, 0.5) is 5.69 Å². The lowest BCUT2D eigenvalue weighted by atomic mass is 10.2. The van der Waals surface area contributed by atoms with Crippen LogP contribution in [0.1, 0.15) is 17.3 Å². The highest BCUT2D eigenvalue weighted by Gasteiger charge is 2.22. The predicted molar refractivity (Wildman–Crippen MR) is 96.4 cm³/mol. The van der Waals surface area contributed by atoms with Crippen LogP contribution in [0.25, 0.3) is 0 Å². The van der Waals surface area contributed by atoms with Crippen molar-refractivity contribution in [2.45, 2.75) is 16.7 Å². The van der Waals surface area contributed by atoms with Crippen LogP contribution in [-0.2, 0) is 14.8 Å². The van der Waals surface area contributed by atoms with Crippen molar-refractivity contribution < 1.29 is 17.9 Å². The minimum atomic E-state index is -3.91. The Bertz CT molecular complexity index is 853. The SMILES string of the molecule is CCOC(=O)c1ccccc1NS(=O)(=O)c1cc(Cl)ccc1SC. The predicted octanol–water partition coefficient (Wildman–Crippen LogP) is 4.04. The fourth-order valence-electron chi connectivity index (χ4n) is 2.02. The Kier molecular flexibility index (Phi) is 6.15. The zero-order valence-corrected chi connectivity index (χ0v) is 15.5. The zero-order valence-electron chi connectivity index (χ0n) is 13.1. The first-order valence-electron chi connectivity index (χ1n) is 7.01. The number of benzene rings is 2. The minimum absolute atomic E-state index is 0.0566. The largest absolute Gasteiger partial charge is 0.462 e. The molecule has 0 heterocycles. The second-order valence-corrected chi connectivity index (χ2v) is 7.60. The summed E-state index contributed by atoms with van der Waals surface area (Å²) in [6.45, 7) is 1.88. The molecule has 8 heteroatoms. The molecule has 0 amide bonds. The fourth-order valence-corrected chi connectivity index (χ4v) is 4.49. The monoisotopic (exact) mass is 385 g/mol. The number of carbonyl (C=O) groups is 1. The van der Waals surface area contributed by atoms with Gasteiger partial charge in [0.15, 0.2) is 0 Å². The molecule has 0 saturated carbocycles. The molecule has 1 N–H and O–H groups in total. The van der Waals surface area contributed by atoms with Crippen molar-refractivity contribution in [3.05, 3.63) is 53.1 Å². The number of nitrogens with one attached hydrogen (secondary N) is 1. The van der Waals surface area contributed by atoms with Crippen LogP contribution < -0.4 is 4.72 Å². The molecule has 0 fully saturated rings. The van der Waals surface area contributed by atoms with Crippen LogP contribution in [0, 0.1) is 0 Å². The fraction of sp³-hybridized carbons (Fsp3) is 0.188. The van der Waals surface area contributed by atoms with Gasteiger partial charge < -0.3 is 4.74 Å². The Morgan fingerprint density at radius 3 is 2.62 bits per heavy atom. The summed E-state index contributed by atoms with van der Waals surface area (Å²) in [5, 5.41) is 0.312. The summed E-state index contributed by atoms with van der Waals surface area (Å²) in [6.07, 6.45) is 1.77. The molecule has 5 nitrogen and oxygen atoms in total. The number of rotatable bonds is 6. The summed E-state index contributed by atoms with van der Waals surface area (Å²) in [4.78, 5) is 12.6. The Morgan fingerprint density at radius 2 is 1.96 bits per heavy atom. The van der Waals surface area contributed by atoms with E-state index in [0.717, 1.165) is 0 Å². The van der Waals surface area contributed by atoms with Crippen molar-refractivity contribution >= 4 is 45.0 Å². The molecule has 0 aromatic heterocycles. The molecule has 2 aromatic carbocycles. The lowest BCUT2D eigenvalue weighted by Gasteiger charge is -2.14. The van der Waals surface area contributed by atoms with Crippen LogP contribution in [0.2, 0.25) is 5.02 Å². The maximum absolute atomic E-state index is 12.7. The number of hydrogen-bond acceptors (Lipinski definition) is 5. The minimum Gasteiger partial charge on any atom is -0.462 e. The topological polar surface area (TPSA) is 72.5 Å². The first-order chi connectivity index (χ1) is 11.4. The smallest absolute Gasteiger partial charge is 0.340 e. The van der Waals surface area contributed by atoms with Gasteiger partial charge in [0.05, 0.1) is 17.9 Å². The molecule has 0 atom stereocenters. The number of hydrogen-bond donors (Lipinski definition) is 1. The number of para-hydroxylation sites is 1. The van der Waals surface area contributed by atoms with E-state index in [9.17, 15) is 13.2 Å². The molecule has 2 rings (SSSR count). The van der Waals surface area contributed by atoms with Gasteiger partial charge in [-0.1, -0.05) is 23.7 Å². The second kappa shape index (κ2) is 7.92. The molecule has 0 radical (unpaired) electrons. The van der Waals surface area contributed by atoms with Crippen molar-refractivity contribution in [2.75, 3.05) is 17.6 Å². The van der Waals surface area contributed by atoms with E-state index < -0.39 is 16.0 Å². The summed E-state index contributed by atoms with van der Waals surface area (Å²) in [7, 11) is -3.91. The number of carbonyl (C=O) groups excluding carboxylic acids is 1. The average molecular weight is 386 g/mol. The maximum atomic E-state index is 12.7. The summed E-state index contributed by atoms with van der Waals surface area (Å²) in [5.74, 6) is -0.591. The highest BCUT2D eigenvalue weighted by atomic mass is 35.5. The van der Waals surface area contributed by atoms with E-state index in [1.807, 2.05) is 0 Å². The third-order valence-electron chi connectivity index (χ3n) is 3.08. The van der Waals surface area contributed by atoms with Crippen LogP contribution in [0.3, 0.4) is 0 Å². The van der Waals surface area contributed by atoms with Gasteiger partial charge in [0.1, 0.15) is 4.90 Å². The number of anilines is 1. The molecule has 0 aliphatic heterocycles. The van der Waals surface area contributed by atoms with Gasteiger partial charge >= 0.3 is 5.97 Å². The van der Waals surface area contributed by atoms with Crippen LogP contribution in [-0.4, -0.2) is 27.2 Å². The van der Waals surface area contributed by atoms with Gasteiger partial charge in [0, 0.05) is 9.92 Å². The van der Waals surface area contributed by atoms with Gasteiger partial charge in [-0.2, -0.15) is 0 Å². The molecular formula is C16H16ClNO4S2. The van der Waals surface area contributed by atoms with Crippen LogP contribution in [0.15, 0.2) is 52.3 Å². The van der Waals surface area contributed by atoms with E-state index in [4.69, 9.17) is 16.3 Å². The second-order valence-electron chi connectivity index (χ2n) is 4.67. The normalized spacial score (nSPS) is 11.1. The van der Waals surface area contributed by atoms with E-state index in [1.54, 1.807) is 37.4 Å². The summed E-state index contributed by atoms with van der Waals surface area (Å²) < 4.78 is 32.9. The molecule has 128 valence electrons. The number of ether oxygens (including phenoxy) is 1. The standard InChI is InChI=1S/C16H16ClNO4S2/c1-3-22-16(19)12-6-4-5-7-13(12)18-24(20,21)15-10-11(17)8-9-14(15)23-2/h4-10,18H,3H2,1-2H3. The summed E-state index contributed by atoms with van der Waals surface area (Å²) >= 11 is 7.22. The third-order valence-corrected chi connectivity index (χ3v) is 5.65. The molecule has 0 aliphatic carbocycles. The van der Waals surface area contributed by atoms with E-state index in [1.165, 1.54) is 30.0 Å². The molecule has 24 heavy (non-hydrogen) atoms. The van der Waals surface area contributed by atoms with Crippen molar-refractivity contribution in [3.8, 4) is 0 Å². The lowest BCUT2D eigenvalue weighted by Crippen LogP contribution is -2.17. The van der Waals surface area contributed by atoms with Crippen molar-refractivity contribution in [3.63, 3.8) is 0 Å². The molecule has 0 aliphatic rings. The average Bonchev–Trinajstić information content (AvgIpc) is 2.55. The molecule has 0 saturated heterocycles. The third kappa shape index (κ3) is 4.23. The molecule has 0 bridgehead atoms. The molecule has 2 aromatic rings. The first-order valence-corrected chi connectivity index (χ1v) is 10.1. The van der Waals surface area contributed by atoms with E-state index >= 15 is 0 Å². The van der Waals surface area contributed by atoms with Gasteiger partial charge in [-0.05, 0) is 43.5 Å². The number of sulfonamides is 1. The van der Waals surface area contributed by atoms with Crippen LogP contribution in [0.5, 0.6) is 0 Å². The number of esters is 1. The maximum Gasteiger partial charge on any atom is 0.340 e. The van der Waals surface area contributed by atoms with Crippen molar-refractivity contribution in [1.82, 2.24) is 0 Å². The highest BCUT2D eigenvalue weighted by Crippen LogP contribution is 2.30. The summed E-state index contributed by atoms with van der Waals surface area (Å²) in [5.41, 5.74) is 0.304. The number of halogens is 1. The van der Waals surface area contributed by atoms with Gasteiger partial charge in [-0.3, -0.25) is 4.72 Å². The van der Waals surface area contributed by atoms with E-state index in [0.29, 0.717) is 9.92 Å². The van der Waals surface area contributed by atoms with Gasteiger partial charge in [-0.25, -0.2) is 13.2 Å².